The van der Waals surface area contributed by atoms with Crippen LogP contribution in [0.25, 0.3) is 22.8 Å². The molecule has 3 aromatic heterocycles. The lowest BCUT2D eigenvalue weighted by Crippen LogP contribution is -2.54. The fraction of sp³-hybridized carbons (Fsp3) is 0.464. The molecule has 8 heteroatoms. The Balaban J connectivity index is 1.43. The number of piperazine rings is 2. The van der Waals surface area contributed by atoms with Gasteiger partial charge < -0.3 is 23.5 Å². The second-order valence-electron chi connectivity index (χ2n) is 11.3. The summed E-state index contributed by atoms with van der Waals surface area (Å²) < 4.78 is 7.79. The van der Waals surface area contributed by atoms with Gasteiger partial charge in [0.05, 0.1) is 110 Å². The molecule has 3 aromatic rings. The fourth-order valence-electron chi connectivity index (χ4n) is 4.93. The first kappa shape index (κ1) is 24.5. The number of likely N-dealkylation sites (N-methyl/N-ethyl adjacent to an activating group) is 2. The quantitative estimate of drug-likeness (QED) is 0.514. The fourth-order valence-corrected chi connectivity index (χ4v) is 4.93. The molecule has 0 N–H and O–H groups in total. The van der Waals surface area contributed by atoms with Crippen molar-refractivity contribution in [2.45, 2.75) is 0 Å². The summed E-state index contributed by atoms with van der Waals surface area (Å²) in [5.74, 6) is 0.753. The second-order valence-corrected chi connectivity index (χ2v) is 11.3. The Morgan fingerprint density at radius 1 is 0.639 bits per heavy atom. The summed E-state index contributed by atoms with van der Waals surface area (Å²) in [5.41, 5.74) is 5.67. The first-order valence-corrected chi connectivity index (χ1v) is 12.8. The van der Waals surface area contributed by atoms with Gasteiger partial charge in [-0.15, -0.1) is 0 Å². The van der Waals surface area contributed by atoms with Gasteiger partial charge in [-0.1, -0.05) is 0 Å². The van der Waals surface area contributed by atoms with Crippen LogP contribution in [0.2, 0.25) is 0 Å². The summed E-state index contributed by atoms with van der Waals surface area (Å²) in [6, 6.07) is 12.4. The average molecular weight is 490 g/mol. The zero-order valence-corrected chi connectivity index (χ0v) is 22.3. The molecule has 0 aliphatic carbocycles. The van der Waals surface area contributed by atoms with Gasteiger partial charge in [0.25, 0.3) is 0 Å². The summed E-state index contributed by atoms with van der Waals surface area (Å²) in [4.78, 5) is 19.2. The van der Waals surface area contributed by atoms with E-state index in [2.05, 4.69) is 72.2 Å². The summed E-state index contributed by atoms with van der Waals surface area (Å²) in [6.07, 6.45) is 3.77. The zero-order valence-electron chi connectivity index (χ0n) is 22.3. The van der Waals surface area contributed by atoms with Crippen LogP contribution >= 0.6 is 0 Å². The number of rotatable bonds is 5. The number of aromatic nitrogens is 3. The molecule has 0 saturated carbocycles. The Labute approximate surface area is 215 Å². The lowest BCUT2D eigenvalue weighted by molar-refractivity contribution is -0.890. The molecule has 0 amide bonds. The largest absolute Gasteiger partial charge is 0.497 e. The zero-order chi connectivity index (χ0) is 25.3. The van der Waals surface area contributed by atoms with Gasteiger partial charge in [0.2, 0.25) is 0 Å². The second kappa shape index (κ2) is 9.67. The van der Waals surface area contributed by atoms with Crippen molar-refractivity contribution in [3.63, 3.8) is 0 Å². The van der Waals surface area contributed by atoms with E-state index in [0.717, 1.165) is 89.8 Å². The van der Waals surface area contributed by atoms with Crippen LogP contribution in [0.4, 0.5) is 11.4 Å². The van der Waals surface area contributed by atoms with E-state index in [1.807, 2.05) is 24.5 Å². The molecule has 5 rings (SSSR count). The van der Waals surface area contributed by atoms with E-state index in [1.165, 1.54) is 11.4 Å². The number of hydrogen-bond acceptors (Lipinski definition) is 6. The predicted molar refractivity (Wildman–Crippen MR) is 145 cm³/mol. The Hall–Kier alpha value is -3.23. The molecule has 8 nitrogen and oxygen atoms in total. The van der Waals surface area contributed by atoms with Crippen molar-refractivity contribution in [1.29, 1.82) is 0 Å². The van der Waals surface area contributed by atoms with E-state index in [-0.39, 0.29) is 0 Å². The number of hydrogen-bond donors (Lipinski definition) is 0. The van der Waals surface area contributed by atoms with Crippen LogP contribution in [0.3, 0.4) is 0 Å². The Bertz CT molecular complexity index is 1120. The number of methoxy groups -OCH3 is 1. The van der Waals surface area contributed by atoms with Crippen LogP contribution in [0.1, 0.15) is 0 Å². The minimum Gasteiger partial charge on any atom is -0.497 e. The molecule has 2 aliphatic rings. The highest BCUT2D eigenvalue weighted by Gasteiger charge is 2.26. The molecule has 0 unspecified atom stereocenters. The molecule has 2 aliphatic heterocycles. The molecule has 0 spiro atoms. The highest BCUT2D eigenvalue weighted by Crippen LogP contribution is 2.30. The maximum absolute atomic E-state index is 5.66. The topological polar surface area (TPSA) is 54.4 Å². The van der Waals surface area contributed by atoms with E-state index in [1.54, 1.807) is 7.11 Å². The first-order chi connectivity index (χ1) is 17.2. The number of nitrogens with zero attached hydrogens (tertiary/aromatic N) is 7. The normalized spacial score (nSPS) is 19.2. The molecule has 0 aromatic carbocycles. The van der Waals surface area contributed by atoms with Crippen LogP contribution in [-0.2, 0) is 0 Å². The van der Waals surface area contributed by atoms with Gasteiger partial charge >= 0.3 is 0 Å². The van der Waals surface area contributed by atoms with Crippen molar-refractivity contribution < 1.29 is 13.7 Å². The number of pyridine rings is 3. The monoisotopic (exact) mass is 489 g/mol. The van der Waals surface area contributed by atoms with E-state index >= 15 is 0 Å². The highest BCUT2D eigenvalue weighted by atomic mass is 16.5. The maximum Gasteiger partial charge on any atom is 0.123 e. The van der Waals surface area contributed by atoms with Gasteiger partial charge in [-0.05, 0) is 24.3 Å². The van der Waals surface area contributed by atoms with Crippen LogP contribution in [0.5, 0.6) is 5.75 Å². The number of ether oxygens (including phenoxy) is 1. The summed E-state index contributed by atoms with van der Waals surface area (Å²) in [7, 11) is 10.9. The van der Waals surface area contributed by atoms with Crippen molar-refractivity contribution in [2.24, 2.45) is 0 Å². The first-order valence-electron chi connectivity index (χ1n) is 12.8. The standard InChI is InChI=1S/C28H39N7O/c1-34(2)14-10-32(11-15-34)22-6-8-29-25(18-22)27-20-24(36-5)21-28(31-27)26-19-23(7-9-30-26)33-12-16-35(3,4)17-13-33/h6-9,18-21H,10-17H2,1-5H3/q+2. The lowest BCUT2D eigenvalue weighted by atomic mass is 10.1. The third kappa shape index (κ3) is 5.44. The summed E-state index contributed by atoms with van der Waals surface area (Å²) >= 11 is 0. The van der Waals surface area contributed by atoms with E-state index < -0.39 is 0 Å². The minimum atomic E-state index is 0.753. The van der Waals surface area contributed by atoms with Crippen molar-refractivity contribution >= 4 is 11.4 Å². The van der Waals surface area contributed by atoms with Gasteiger partial charge in [-0.2, -0.15) is 0 Å². The van der Waals surface area contributed by atoms with Crippen molar-refractivity contribution in [2.75, 3.05) is 97.5 Å². The van der Waals surface area contributed by atoms with Gasteiger partial charge in [0.1, 0.15) is 5.75 Å². The number of quaternary nitrogens is 2. The molecular weight excluding hydrogens is 450 g/mol. The number of anilines is 2. The SMILES string of the molecule is COc1cc(-c2cc(N3CC[N+](C)(C)CC3)ccn2)nc(-c2cc(N3CC[N+](C)(C)CC3)ccn2)c1. The third-order valence-electron chi connectivity index (χ3n) is 7.68. The minimum absolute atomic E-state index is 0.753. The van der Waals surface area contributed by atoms with Crippen LogP contribution in [0.15, 0.2) is 48.8 Å². The van der Waals surface area contributed by atoms with Gasteiger partial charge in [-0.25, -0.2) is 4.98 Å². The molecule has 0 atom stereocenters. The van der Waals surface area contributed by atoms with E-state index in [0.29, 0.717) is 0 Å². The Morgan fingerprint density at radius 2 is 1.06 bits per heavy atom. The molecular formula is C28H39N7O+2. The van der Waals surface area contributed by atoms with E-state index in [4.69, 9.17) is 9.72 Å². The Kier molecular flexibility index (Phi) is 6.57. The molecule has 2 fully saturated rings. The van der Waals surface area contributed by atoms with Crippen molar-refractivity contribution in [3.8, 4) is 28.5 Å². The molecule has 190 valence electrons. The van der Waals surface area contributed by atoms with Crippen molar-refractivity contribution in [3.05, 3.63) is 48.8 Å². The Morgan fingerprint density at radius 3 is 1.44 bits per heavy atom. The predicted octanol–water partition coefficient (Wildman–Crippen LogP) is 3.01. The lowest BCUT2D eigenvalue weighted by Gasteiger charge is -2.40. The smallest absolute Gasteiger partial charge is 0.123 e. The van der Waals surface area contributed by atoms with Crippen LogP contribution in [-0.4, -0.2) is 112 Å². The van der Waals surface area contributed by atoms with Crippen LogP contribution in [0, 0.1) is 0 Å². The highest BCUT2D eigenvalue weighted by molar-refractivity contribution is 5.69. The van der Waals surface area contributed by atoms with Gasteiger partial charge in [-0.3, -0.25) is 9.97 Å². The average Bonchev–Trinajstić information content (AvgIpc) is 2.88. The maximum atomic E-state index is 5.66. The molecule has 0 radical (unpaired) electrons. The van der Waals surface area contributed by atoms with Gasteiger partial charge in [0, 0.05) is 35.9 Å². The third-order valence-corrected chi connectivity index (χ3v) is 7.68. The van der Waals surface area contributed by atoms with Gasteiger partial charge in [0.15, 0.2) is 0 Å². The molecule has 2 saturated heterocycles. The molecule has 36 heavy (non-hydrogen) atoms. The summed E-state index contributed by atoms with van der Waals surface area (Å²) in [5, 5.41) is 0. The molecule has 5 heterocycles. The molecule has 0 bridgehead atoms. The van der Waals surface area contributed by atoms with Crippen molar-refractivity contribution in [1.82, 2.24) is 15.0 Å². The summed E-state index contributed by atoms with van der Waals surface area (Å²) in [6.45, 7) is 8.69. The van der Waals surface area contributed by atoms with E-state index in [9.17, 15) is 0 Å². The van der Waals surface area contributed by atoms with Crippen LogP contribution < -0.4 is 14.5 Å².